The van der Waals surface area contributed by atoms with Crippen molar-refractivity contribution in [3.63, 3.8) is 0 Å². The third-order valence-electron chi connectivity index (χ3n) is 4.56. The molecule has 5 nitrogen and oxygen atoms in total. The largest absolute Gasteiger partial charge is 0.464 e. The van der Waals surface area contributed by atoms with Crippen molar-refractivity contribution in [2.75, 3.05) is 11.9 Å². The summed E-state index contributed by atoms with van der Waals surface area (Å²) in [4.78, 5) is 27.1. The lowest BCUT2D eigenvalue weighted by Gasteiger charge is -2.34. The molecule has 4 rings (SSSR count). The Labute approximate surface area is 155 Å². The van der Waals surface area contributed by atoms with Crippen LogP contribution in [0.15, 0.2) is 59.6 Å². The first-order chi connectivity index (χ1) is 12.6. The second-order valence-corrected chi connectivity index (χ2v) is 7.38. The van der Waals surface area contributed by atoms with Gasteiger partial charge in [-0.15, -0.1) is 0 Å². The van der Waals surface area contributed by atoms with Crippen molar-refractivity contribution in [3.8, 4) is 0 Å². The van der Waals surface area contributed by atoms with Crippen LogP contribution in [0.25, 0.3) is 10.9 Å². The summed E-state index contributed by atoms with van der Waals surface area (Å²) in [5.41, 5.74) is 2.31. The van der Waals surface area contributed by atoms with Gasteiger partial charge in [0.05, 0.1) is 12.3 Å². The molecule has 0 saturated heterocycles. The first kappa shape index (κ1) is 16.7. The van der Waals surface area contributed by atoms with Crippen LogP contribution in [-0.4, -0.2) is 23.1 Å². The summed E-state index contributed by atoms with van der Waals surface area (Å²) >= 11 is 1.24. The van der Waals surface area contributed by atoms with E-state index < -0.39 is 10.7 Å². The second-order valence-electron chi connectivity index (χ2n) is 6.12. The lowest BCUT2D eigenvalue weighted by molar-refractivity contribution is -0.149. The Morgan fingerprint density at radius 3 is 2.73 bits per heavy atom. The molecular weight excluding hydrogens is 348 g/mol. The molecule has 2 aromatic carbocycles. The van der Waals surface area contributed by atoms with E-state index in [-0.39, 0.29) is 12.5 Å². The number of rotatable bonds is 3. The van der Waals surface area contributed by atoms with Gasteiger partial charge in [0.15, 0.2) is 0 Å². The minimum Gasteiger partial charge on any atom is -0.464 e. The zero-order valence-electron chi connectivity index (χ0n) is 14.5. The molecule has 26 heavy (non-hydrogen) atoms. The number of anilines is 1. The number of aryl methyl sites for hydroxylation is 1. The number of thioether (sulfide) groups is 1. The van der Waals surface area contributed by atoms with Crippen LogP contribution in [-0.2, 0) is 26.1 Å². The molecule has 3 aromatic rings. The molecule has 132 valence electrons. The number of carbonyl (C=O) groups excluding carboxylic acids is 2. The molecule has 2 heterocycles. The lowest BCUT2D eigenvalue weighted by atomic mass is 9.95. The predicted molar refractivity (Wildman–Crippen MR) is 102 cm³/mol. The van der Waals surface area contributed by atoms with Gasteiger partial charge in [-0.25, -0.2) is 4.79 Å². The first-order valence-corrected chi connectivity index (χ1v) is 9.21. The van der Waals surface area contributed by atoms with E-state index >= 15 is 0 Å². The number of hydrogen-bond donors (Lipinski definition) is 1. The Kier molecular flexibility index (Phi) is 4.00. The molecule has 1 aliphatic heterocycles. The number of hydrogen-bond acceptors (Lipinski definition) is 4. The molecule has 1 amide bonds. The zero-order chi connectivity index (χ0) is 18.3. The Hall–Kier alpha value is -2.73. The molecule has 6 heteroatoms. The molecule has 0 radical (unpaired) electrons. The number of nitrogens with one attached hydrogen (secondary N) is 1. The quantitative estimate of drug-likeness (QED) is 0.567. The van der Waals surface area contributed by atoms with Crippen LogP contribution < -0.4 is 5.32 Å². The van der Waals surface area contributed by atoms with E-state index in [4.69, 9.17) is 4.74 Å². The monoisotopic (exact) mass is 366 g/mol. The maximum Gasteiger partial charge on any atom is 0.337 e. The fourth-order valence-electron chi connectivity index (χ4n) is 3.36. The third-order valence-corrected chi connectivity index (χ3v) is 6.01. The van der Waals surface area contributed by atoms with Gasteiger partial charge in [0.25, 0.3) is 5.91 Å². The molecule has 1 aromatic heterocycles. The zero-order valence-corrected chi connectivity index (χ0v) is 15.3. The van der Waals surface area contributed by atoms with Gasteiger partial charge in [-0.2, -0.15) is 0 Å². The minimum atomic E-state index is -1.48. The van der Waals surface area contributed by atoms with Gasteiger partial charge in [0.1, 0.15) is 0 Å². The van der Waals surface area contributed by atoms with Crippen LogP contribution in [0, 0.1) is 0 Å². The second kappa shape index (κ2) is 6.21. The van der Waals surface area contributed by atoms with Crippen LogP contribution in [0.3, 0.4) is 0 Å². The fourth-order valence-corrected chi connectivity index (χ4v) is 4.62. The number of ether oxygens (including phenoxy) is 1. The number of fused-ring (bicyclic) bond motifs is 2. The van der Waals surface area contributed by atoms with E-state index in [1.54, 1.807) is 6.92 Å². The maximum atomic E-state index is 13.2. The van der Waals surface area contributed by atoms with E-state index in [1.807, 2.05) is 66.3 Å². The SMILES string of the molecule is CCOC(=O)C1(c2cn(C)c3ccccc23)Sc2ccccc2NC1=O. The molecule has 0 spiro atoms. The van der Waals surface area contributed by atoms with Gasteiger partial charge >= 0.3 is 5.97 Å². The molecule has 0 fully saturated rings. The number of amides is 1. The summed E-state index contributed by atoms with van der Waals surface area (Å²) in [6.45, 7) is 1.95. The minimum absolute atomic E-state index is 0.209. The first-order valence-electron chi connectivity index (χ1n) is 8.39. The Morgan fingerprint density at radius 2 is 1.92 bits per heavy atom. The van der Waals surface area contributed by atoms with Gasteiger partial charge < -0.3 is 14.6 Å². The van der Waals surface area contributed by atoms with E-state index in [0.29, 0.717) is 11.3 Å². The molecule has 1 atom stereocenters. The Bertz CT molecular complexity index is 1030. The number of carbonyl (C=O) groups is 2. The van der Waals surface area contributed by atoms with Gasteiger partial charge in [-0.1, -0.05) is 42.1 Å². The average molecular weight is 366 g/mol. The van der Waals surface area contributed by atoms with Crippen molar-refractivity contribution in [2.45, 2.75) is 16.6 Å². The molecule has 0 aliphatic carbocycles. The van der Waals surface area contributed by atoms with Gasteiger partial charge in [0.2, 0.25) is 4.75 Å². The van der Waals surface area contributed by atoms with Crippen molar-refractivity contribution in [1.82, 2.24) is 4.57 Å². The van der Waals surface area contributed by atoms with Crippen LogP contribution in [0.2, 0.25) is 0 Å². The molecule has 1 unspecified atom stereocenters. The number of para-hydroxylation sites is 2. The number of esters is 1. The highest BCUT2D eigenvalue weighted by Gasteiger charge is 2.54. The van der Waals surface area contributed by atoms with Crippen molar-refractivity contribution < 1.29 is 14.3 Å². The number of aromatic nitrogens is 1. The normalized spacial score (nSPS) is 19.1. The van der Waals surface area contributed by atoms with Gasteiger partial charge in [0, 0.05) is 34.6 Å². The Balaban J connectivity index is 1.99. The van der Waals surface area contributed by atoms with Crippen molar-refractivity contribution in [2.24, 2.45) is 7.05 Å². The molecule has 0 bridgehead atoms. The van der Waals surface area contributed by atoms with Crippen molar-refractivity contribution in [1.29, 1.82) is 0 Å². The van der Waals surface area contributed by atoms with E-state index in [2.05, 4.69) is 5.32 Å². The standard InChI is InChI=1S/C20H18N2O3S/c1-3-25-19(24)20(14-12-22(2)16-10-6-4-8-13(14)16)18(23)21-15-9-5-7-11-17(15)26-20/h4-12H,3H2,1-2H3,(H,21,23). The fraction of sp³-hybridized carbons (Fsp3) is 0.200. The van der Waals surface area contributed by atoms with Crippen LogP contribution in [0.4, 0.5) is 5.69 Å². The van der Waals surface area contributed by atoms with Crippen molar-refractivity contribution >= 4 is 40.2 Å². The summed E-state index contributed by atoms with van der Waals surface area (Å²) in [6, 6.07) is 15.2. The lowest BCUT2D eigenvalue weighted by Crippen LogP contribution is -2.47. The van der Waals surface area contributed by atoms with E-state index in [1.165, 1.54) is 11.8 Å². The predicted octanol–water partition coefficient (Wildman–Crippen LogP) is 3.68. The summed E-state index contributed by atoms with van der Waals surface area (Å²) in [5.74, 6) is -0.927. The molecular formula is C20H18N2O3S. The highest BCUT2D eigenvalue weighted by Crippen LogP contribution is 2.51. The summed E-state index contributed by atoms with van der Waals surface area (Å²) < 4.78 is 5.80. The van der Waals surface area contributed by atoms with Crippen molar-refractivity contribution in [3.05, 3.63) is 60.3 Å². The highest BCUT2D eigenvalue weighted by molar-refractivity contribution is 8.02. The van der Waals surface area contributed by atoms with E-state index in [9.17, 15) is 9.59 Å². The topological polar surface area (TPSA) is 60.3 Å². The van der Waals surface area contributed by atoms with Gasteiger partial charge in [-0.05, 0) is 25.1 Å². The number of nitrogens with zero attached hydrogens (tertiary/aromatic N) is 1. The average Bonchev–Trinajstić information content (AvgIpc) is 2.99. The van der Waals surface area contributed by atoms with E-state index in [0.717, 1.165) is 15.8 Å². The molecule has 0 saturated carbocycles. The highest BCUT2D eigenvalue weighted by atomic mass is 32.2. The Morgan fingerprint density at radius 1 is 1.19 bits per heavy atom. The summed E-state index contributed by atoms with van der Waals surface area (Å²) in [5, 5.41) is 3.76. The third kappa shape index (κ3) is 2.33. The maximum absolute atomic E-state index is 13.2. The van der Waals surface area contributed by atoms with Crippen LogP contribution in [0.5, 0.6) is 0 Å². The number of benzene rings is 2. The van der Waals surface area contributed by atoms with Crippen LogP contribution in [0.1, 0.15) is 12.5 Å². The smallest absolute Gasteiger partial charge is 0.337 e. The van der Waals surface area contributed by atoms with Crippen LogP contribution >= 0.6 is 11.8 Å². The summed E-state index contributed by atoms with van der Waals surface area (Å²) in [6.07, 6.45) is 1.85. The van der Waals surface area contributed by atoms with Gasteiger partial charge in [-0.3, -0.25) is 4.79 Å². The molecule has 1 N–H and O–H groups in total. The summed E-state index contributed by atoms with van der Waals surface area (Å²) in [7, 11) is 1.91. The molecule has 1 aliphatic rings.